The summed E-state index contributed by atoms with van der Waals surface area (Å²) in [6.07, 6.45) is 0.957. The molecule has 1 aromatic rings. The van der Waals surface area contributed by atoms with Crippen molar-refractivity contribution < 1.29 is 9.47 Å². The maximum Gasteiger partial charge on any atom is 0.231 e. The Morgan fingerprint density at radius 1 is 1.31 bits per heavy atom. The second kappa shape index (κ2) is 4.63. The van der Waals surface area contributed by atoms with Crippen LogP contribution in [-0.4, -0.2) is 6.79 Å². The Balaban J connectivity index is 2.27. The molecule has 0 spiro atoms. The highest BCUT2D eigenvalue weighted by Gasteiger charge is 2.19. The second-order valence-corrected chi connectivity index (χ2v) is 5.32. The summed E-state index contributed by atoms with van der Waals surface area (Å²) in [6.45, 7) is 4.63. The van der Waals surface area contributed by atoms with Crippen LogP contribution in [0.15, 0.2) is 16.6 Å². The lowest BCUT2D eigenvalue weighted by molar-refractivity contribution is 0.174. The summed E-state index contributed by atoms with van der Waals surface area (Å²) in [5.74, 6) is 2.15. The summed E-state index contributed by atoms with van der Waals surface area (Å²) >= 11 is 3.52. The third-order valence-electron chi connectivity index (χ3n) is 2.62. The first-order chi connectivity index (χ1) is 7.58. The molecule has 3 nitrogen and oxygen atoms in total. The SMILES string of the molecule is CC(C)CC(N)c1cc2c(cc1Br)OCO2. The van der Waals surface area contributed by atoms with Crippen molar-refractivity contribution in [2.45, 2.75) is 26.3 Å². The van der Waals surface area contributed by atoms with Crippen molar-refractivity contribution in [3.63, 3.8) is 0 Å². The number of rotatable bonds is 3. The standard InChI is InChI=1S/C12H16BrNO2/c1-7(2)3-10(14)8-4-11-12(5-9(8)13)16-6-15-11/h4-5,7,10H,3,6,14H2,1-2H3. The van der Waals surface area contributed by atoms with Crippen molar-refractivity contribution in [2.75, 3.05) is 6.79 Å². The summed E-state index contributed by atoms with van der Waals surface area (Å²) in [5, 5.41) is 0. The fraction of sp³-hybridized carbons (Fsp3) is 0.500. The highest BCUT2D eigenvalue weighted by molar-refractivity contribution is 9.10. The molecule has 2 N–H and O–H groups in total. The van der Waals surface area contributed by atoms with Gasteiger partial charge >= 0.3 is 0 Å². The van der Waals surface area contributed by atoms with Crippen LogP contribution in [-0.2, 0) is 0 Å². The van der Waals surface area contributed by atoms with E-state index in [-0.39, 0.29) is 6.04 Å². The van der Waals surface area contributed by atoms with Gasteiger partial charge in [-0.25, -0.2) is 0 Å². The van der Waals surface area contributed by atoms with Crippen LogP contribution >= 0.6 is 15.9 Å². The minimum absolute atomic E-state index is 0.0314. The molecule has 0 aliphatic carbocycles. The topological polar surface area (TPSA) is 44.5 Å². The van der Waals surface area contributed by atoms with E-state index in [1.165, 1.54) is 0 Å². The Bertz CT molecular complexity index is 393. The van der Waals surface area contributed by atoms with Crippen LogP contribution in [0.3, 0.4) is 0 Å². The van der Waals surface area contributed by atoms with E-state index in [2.05, 4.69) is 29.8 Å². The quantitative estimate of drug-likeness (QED) is 0.927. The minimum atomic E-state index is 0.0314. The van der Waals surface area contributed by atoms with Crippen LogP contribution < -0.4 is 15.2 Å². The van der Waals surface area contributed by atoms with Crippen molar-refractivity contribution in [3.05, 3.63) is 22.2 Å². The molecule has 0 fully saturated rings. The van der Waals surface area contributed by atoms with Gasteiger partial charge in [0.1, 0.15) is 0 Å². The van der Waals surface area contributed by atoms with Gasteiger partial charge in [-0.1, -0.05) is 29.8 Å². The molecule has 1 aromatic carbocycles. The zero-order chi connectivity index (χ0) is 11.7. The molecule has 0 saturated heterocycles. The fourth-order valence-corrected chi connectivity index (χ4v) is 2.47. The Hall–Kier alpha value is -0.740. The molecule has 16 heavy (non-hydrogen) atoms. The summed E-state index contributed by atoms with van der Waals surface area (Å²) in [6, 6.07) is 3.93. The Morgan fingerprint density at radius 2 is 1.94 bits per heavy atom. The van der Waals surface area contributed by atoms with E-state index in [0.717, 1.165) is 28.0 Å². The average Bonchev–Trinajstić information content (AvgIpc) is 2.61. The van der Waals surface area contributed by atoms with Gasteiger partial charge in [0.05, 0.1) is 0 Å². The molecule has 0 amide bonds. The molecule has 1 unspecified atom stereocenters. The highest BCUT2D eigenvalue weighted by atomic mass is 79.9. The number of benzene rings is 1. The zero-order valence-electron chi connectivity index (χ0n) is 9.50. The number of nitrogens with two attached hydrogens (primary N) is 1. The lowest BCUT2D eigenvalue weighted by Crippen LogP contribution is -2.13. The Kier molecular flexibility index (Phi) is 3.40. The summed E-state index contributed by atoms with van der Waals surface area (Å²) < 4.78 is 11.6. The van der Waals surface area contributed by atoms with E-state index in [4.69, 9.17) is 15.2 Å². The molecular formula is C12H16BrNO2. The third kappa shape index (κ3) is 2.33. The van der Waals surface area contributed by atoms with Crippen molar-refractivity contribution in [1.29, 1.82) is 0 Å². The monoisotopic (exact) mass is 285 g/mol. The van der Waals surface area contributed by atoms with Gasteiger partial charge in [0.15, 0.2) is 11.5 Å². The fourth-order valence-electron chi connectivity index (χ4n) is 1.85. The molecule has 0 radical (unpaired) electrons. The predicted molar refractivity (Wildman–Crippen MR) is 66.6 cm³/mol. The third-order valence-corrected chi connectivity index (χ3v) is 3.30. The van der Waals surface area contributed by atoms with Crippen molar-refractivity contribution in [3.8, 4) is 11.5 Å². The number of hydrogen-bond donors (Lipinski definition) is 1. The number of fused-ring (bicyclic) bond motifs is 1. The first-order valence-electron chi connectivity index (χ1n) is 5.42. The number of hydrogen-bond acceptors (Lipinski definition) is 3. The van der Waals surface area contributed by atoms with Crippen LogP contribution in [0.5, 0.6) is 11.5 Å². The van der Waals surface area contributed by atoms with Crippen LogP contribution in [0.1, 0.15) is 31.9 Å². The van der Waals surface area contributed by atoms with Crippen molar-refractivity contribution in [1.82, 2.24) is 0 Å². The maximum absolute atomic E-state index is 6.16. The van der Waals surface area contributed by atoms with Crippen LogP contribution in [0.25, 0.3) is 0 Å². The highest BCUT2D eigenvalue weighted by Crippen LogP contribution is 2.39. The molecule has 4 heteroatoms. The largest absolute Gasteiger partial charge is 0.454 e. The molecule has 1 heterocycles. The first kappa shape index (κ1) is 11.7. The van der Waals surface area contributed by atoms with E-state index in [1.807, 2.05) is 12.1 Å². The van der Waals surface area contributed by atoms with Gasteiger partial charge in [0.25, 0.3) is 0 Å². The summed E-state index contributed by atoms with van der Waals surface area (Å²) in [5.41, 5.74) is 7.25. The lowest BCUT2D eigenvalue weighted by Gasteiger charge is -2.16. The molecule has 1 aliphatic heterocycles. The molecule has 1 atom stereocenters. The molecular weight excluding hydrogens is 270 g/mol. The second-order valence-electron chi connectivity index (χ2n) is 4.46. The van der Waals surface area contributed by atoms with Gasteiger partial charge in [-0.15, -0.1) is 0 Å². The average molecular weight is 286 g/mol. The van der Waals surface area contributed by atoms with Gasteiger partial charge in [-0.05, 0) is 30.0 Å². The lowest BCUT2D eigenvalue weighted by atomic mass is 9.97. The first-order valence-corrected chi connectivity index (χ1v) is 6.22. The normalized spacial score (nSPS) is 15.6. The molecule has 1 aliphatic rings. The number of ether oxygens (including phenoxy) is 2. The van der Waals surface area contributed by atoms with Crippen molar-refractivity contribution in [2.24, 2.45) is 11.7 Å². The predicted octanol–water partition coefficient (Wildman–Crippen LogP) is 3.22. The van der Waals surface area contributed by atoms with Gasteiger partial charge in [0.2, 0.25) is 6.79 Å². The van der Waals surface area contributed by atoms with Gasteiger partial charge in [-0.2, -0.15) is 0 Å². The van der Waals surface area contributed by atoms with E-state index in [1.54, 1.807) is 0 Å². The summed E-state index contributed by atoms with van der Waals surface area (Å²) in [4.78, 5) is 0. The Morgan fingerprint density at radius 3 is 2.56 bits per heavy atom. The molecule has 0 saturated carbocycles. The Labute approximate surface area is 104 Å². The van der Waals surface area contributed by atoms with Gasteiger partial charge in [0, 0.05) is 10.5 Å². The maximum atomic E-state index is 6.16. The van der Waals surface area contributed by atoms with Crippen LogP contribution in [0.2, 0.25) is 0 Å². The van der Waals surface area contributed by atoms with Crippen LogP contribution in [0.4, 0.5) is 0 Å². The molecule has 0 bridgehead atoms. The van der Waals surface area contributed by atoms with Crippen LogP contribution in [0, 0.1) is 5.92 Å². The number of halogens is 1. The smallest absolute Gasteiger partial charge is 0.231 e. The summed E-state index contributed by atoms with van der Waals surface area (Å²) in [7, 11) is 0. The van der Waals surface area contributed by atoms with E-state index >= 15 is 0 Å². The van der Waals surface area contributed by atoms with E-state index < -0.39 is 0 Å². The van der Waals surface area contributed by atoms with Crippen molar-refractivity contribution >= 4 is 15.9 Å². The molecule has 88 valence electrons. The van der Waals surface area contributed by atoms with Gasteiger partial charge < -0.3 is 15.2 Å². The molecule has 2 rings (SSSR count). The van der Waals surface area contributed by atoms with E-state index in [0.29, 0.717) is 12.7 Å². The minimum Gasteiger partial charge on any atom is -0.454 e. The molecule has 0 aromatic heterocycles. The van der Waals surface area contributed by atoms with E-state index in [9.17, 15) is 0 Å². The zero-order valence-corrected chi connectivity index (χ0v) is 11.1. The van der Waals surface area contributed by atoms with Gasteiger partial charge in [-0.3, -0.25) is 0 Å².